The Kier molecular flexibility index (Phi) is 4.78. The monoisotopic (exact) mass is 400 g/mol. The van der Waals surface area contributed by atoms with Gasteiger partial charge in [0.1, 0.15) is 17.9 Å². The van der Waals surface area contributed by atoms with Gasteiger partial charge in [-0.3, -0.25) is 4.79 Å². The largest absolute Gasteiger partial charge is 0.373 e. The number of aliphatic hydroxyl groups excluding tert-OH is 1. The Bertz CT molecular complexity index is 1120. The Morgan fingerprint density at radius 1 is 1.32 bits per heavy atom. The number of fused-ring (bicyclic) bond motifs is 1. The number of aryl methyl sites for hydroxylation is 1. The fourth-order valence-corrected chi connectivity index (χ4v) is 3.51. The second kappa shape index (κ2) is 7.26. The van der Waals surface area contributed by atoms with E-state index in [2.05, 4.69) is 20.6 Å². The van der Waals surface area contributed by atoms with E-state index in [-0.39, 0.29) is 10.6 Å². The average molecular weight is 401 g/mol. The molecule has 1 aliphatic heterocycles. The van der Waals surface area contributed by atoms with Crippen LogP contribution < -0.4 is 16.2 Å². The topological polar surface area (TPSA) is 90.0 Å². The molecule has 6 nitrogen and oxygen atoms in total. The van der Waals surface area contributed by atoms with Gasteiger partial charge in [-0.1, -0.05) is 24.6 Å². The predicted octanol–water partition coefficient (Wildman–Crippen LogP) is 3.82. The lowest BCUT2D eigenvalue weighted by atomic mass is 10.0. The van der Waals surface area contributed by atoms with E-state index in [1.54, 1.807) is 12.3 Å². The fourth-order valence-electron chi connectivity index (χ4n) is 3.32. The first-order chi connectivity index (χ1) is 13.5. The summed E-state index contributed by atoms with van der Waals surface area (Å²) in [6.07, 6.45) is 2.00. The normalized spacial score (nSPS) is 15.2. The molecule has 0 aliphatic carbocycles. The van der Waals surface area contributed by atoms with E-state index in [9.17, 15) is 14.3 Å². The molecule has 0 bridgehead atoms. The second-order valence-electron chi connectivity index (χ2n) is 6.56. The van der Waals surface area contributed by atoms with Crippen LogP contribution in [0.3, 0.4) is 0 Å². The van der Waals surface area contributed by atoms with E-state index in [0.717, 1.165) is 16.9 Å². The molecule has 1 unspecified atom stereocenters. The summed E-state index contributed by atoms with van der Waals surface area (Å²) < 4.78 is 13.5. The number of nitrogens with one attached hydrogen (secondary N) is 3. The predicted molar refractivity (Wildman–Crippen MR) is 108 cm³/mol. The molecule has 28 heavy (non-hydrogen) atoms. The van der Waals surface area contributed by atoms with Crippen molar-refractivity contribution in [3.8, 4) is 11.1 Å². The number of aliphatic hydroxyl groups is 1. The zero-order valence-corrected chi connectivity index (χ0v) is 15.8. The summed E-state index contributed by atoms with van der Waals surface area (Å²) in [5.41, 5.74) is 3.74. The van der Waals surface area contributed by atoms with Crippen molar-refractivity contribution in [2.75, 3.05) is 10.6 Å². The van der Waals surface area contributed by atoms with E-state index >= 15 is 0 Å². The number of hydrogen-bond donors (Lipinski definition) is 4. The molecule has 1 atom stereocenters. The lowest BCUT2D eigenvalue weighted by molar-refractivity contribution is 0.212. The number of aromatic amines is 1. The van der Waals surface area contributed by atoms with Crippen LogP contribution in [0.15, 0.2) is 41.3 Å². The Hall–Kier alpha value is -2.90. The Morgan fingerprint density at radius 2 is 2.14 bits per heavy atom. The number of H-pyrrole nitrogens is 1. The molecule has 0 radical (unpaired) electrons. The molecule has 1 aliphatic rings. The van der Waals surface area contributed by atoms with Crippen molar-refractivity contribution >= 4 is 28.8 Å². The first-order valence-electron chi connectivity index (χ1n) is 8.87. The van der Waals surface area contributed by atoms with Crippen molar-refractivity contribution in [1.29, 1.82) is 0 Å². The van der Waals surface area contributed by atoms with Gasteiger partial charge in [-0.15, -0.1) is 0 Å². The van der Waals surface area contributed by atoms with E-state index in [0.29, 0.717) is 35.5 Å². The minimum absolute atomic E-state index is 0.0435. The SMILES string of the molecule is CCc1[nH]c(=O)c(-c2ccc(F)c(Cl)c2)cc1Nc1ccnc2c1CC(O)N2. The van der Waals surface area contributed by atoms with Crippen LogP contribution in [-0.4, -0.2) is 21.3 Å². The van der Waals surface area contributed by atoms with Gasteiger partial charge in [-0.2, -0.15) is 0 Å². The Morgan fingerprint density at radius 3 is 2.89 bits per heavy atom. The quantitative estimate of drug-likeness (QED) is 0.534. The highest BCUT2D eigenvalue weighted by Crippen LogP contribution is 2.33. The maximum absolute atomic E-state index is 13.5. The lowest BCUT2D eigenvalue weighted by Crippen LogP contribution is -2.14. The van der Waals surface area contributed by atoms with Crippen LogP contribution in [0, 0.1) is 5.82 Å². The maximum Gasteiger partial charge on any atom is 0.256 e. The first kappa shape index (κ1) is 18.5. The maximum atomic E-state index is 13.5. The van der Waals surface area contributed by atoms with E-state index in [4.69, 9.17) is 11.6 Å². The molecule has 144 valence electrons. The van der Waals surface area contributed by atoms with E-state index < -0.39 is 12.0 Å². The molecule has 3 heterocycles. The molecule has 8 heteroatoms. The van der Waals surface area contributed by atoms with Gasteiger partial charge in [0.05, 0.1) is 10.7 Å². The zero-order chi connectivity index (χ0) is 19.8. The molecule has 0 spiro atoms. The van der Waals surface area contributed by atoms with Gasteiger partial charge in [0.15, 0.2) is 0 Å². The molecule has 3 aromatic rings. The Labute approximate surface area is 165 Å². The molecule has 4 N–H and O–H groups in total. The van der Waals surface area contributed by atoms with Gasteiger partial charge in [-0.05, 0) is 36.2 Å². The van der Waals surface area contributed by atoms with Gasteiger partial charge in [0.2, 0.25) is 0 Å². The van der Waals surface area contributed by atoms with E-state index in [1.165, 1.54) is 18.2 Å². The highest BCUT2D eigenvalue weighted by atomic mass is 35.5. The molecule has 0 amide bonds. The molecule has 0 saturated carbocycles. The van der Waals surface area contributed by atoms with E-state index in [1.807, 2.05) is 13.0 Å². The summed E-state index contributed by atoms with van der Waals surface area (Å²) in [7, 11) is 0. The van der Waals surface area contributed by atoms with Gasteiger partial charge in [0, 0.05) is 35.1 Å². The van der Waals surface area contributed by atoms with Crippen molar-refractivity contribution in [2.24, 2.45) is 0 Å². The van der Waals surface area contributed by atoms with Crippen LogP contribution in [0.4, 0.5) is 21.6 Å². The smallest absolute Gasteiger partial charge is 0.256 e. The van der Waals surface area contributed by atoms with Crippen molar-refractivity contribution in [3.63, 3.8) is 0 Å². The summed E-state index contributed by atoms with van der Waals surface area (Å²) in [5.74, 6) is 0.0919. The highest BCUT2D eigenvalue weighted by molar-refractivity contribution is 6.31. The summed E-state index contributed by atoms with van der Waals surface area (Å²) in [4.78, 5) is 19.7. The molecule has 1 aromatic carbocycles. The molecular formula is C20H18ClFN4O2. The Balaban J connectivity index is 1.78. The van der Waals surface area contributed by atoms with Crippen LogP contribution in [-0.2, 0) is 12.8 Å². The van der Waals surface area contributed by atoms with Crippen LogP contribution in [0.5, 0.6) is 0 Å². The zero-order valence-electron chi connectivity index (χ0n) is 15.0. The number of pyridine rings is 2. The third-order valence-electron chi connectivity index (χ3n) is 4.73. The summed E-state index contributed by atoms with van der Waals surface area (Å²) in [6, 6.07) is 7.73. The van der Waals surface area contributed by atoms with Gasteiger partial charge < -0.3 is 20.7 Å². The van der Waals surface area contributed by atoms with Crippen molar-refractivity contribution < 1.29 is 9.50 Å². The second-order valence-corrected chi connectivity index (χ2v) is 6.97. The third kappa shape index (κ3) is 3.34. The van der Waals surface area contributed by atoms with Gasteiger partial charge in [-0.25, -0.2) is 9.37 Å². The van der Waals surface area contributed by atoms with Gasteiger partial charge >= 0.3 is 0 Å². The number of halogens is 2. The van der Waals surface area contributed by atoms with Crippen molar-refractivity contribution in [2.45, 2.75) is 26.0 Å². The minimum Gasteiger partial charge on any atom is -0.373 e. The van der Waals surface area contributed by atoms with Gasteiger partial charge in [0.25, 0.3) is 5.56 Å². The standard InChI is InChI=1S/C20H18ClFN4O2/c1-2-15-17(24-16-5-6-23-19-12(16)9-18(27)26-19)8-11(20(28)25-15)10-3-4-14(22)13(21)7-10/h3-8,18,27H,2,9H2,1H3,(H,25,28)(H2,23,24,26). The fraction of sp³-hybridized carbons (Fsp3) is 0.200. The molecule has 2 aromatic heterocycles. The summed E-state index contributed by atoms with van der Waals surface area (Å²) >= 11 is 5.88. The number of hydrogen-bond acceptors (Lipinski definition) is 5. The molecule has 4 rings (SSSR count). The van der Waals surface area contributed by atoms with Crippen LogP contribution in [0.25, 0.3) is 11.1 Å². The van der Waals surface area contributed by atoms with Crippen LogP contribution >= 0.6 is 11.6 Å². The lowest BCUT2D eigenvalue weighted by Gasteiger charge is -2.15. The number of benzene rings is 1. The number of nitrogens with zero attached hydrogens (tertiary/aromatic N) is 1. The number of anilines is 3. The van der Waals surface area contributed by atoms with Crippen molar-refractivity contribution in [3.05, 3.63) is 69.0 Å². The minimum atomic E-state index is -0.677. The van der Waals surface area contributed by atoms with Crippen LogP contribution in [0.2, 0.25) is 5.02 Å². The third-order valence-corrected chi connectivity index (χ3v) is 5.02. The summed E-state index contributed by atoms with van der Waals surface area (Å²) in [6.45, 7) is 1.94. The molecule has 0 fully saturated rings. The number of rotatable bonds is 4. The van der Waals surface area contributed by atoms with Crippen LogP contribution in [0.1, 0.15) is 18.2 Å². The highest BCUT2D eigenvalue weighted by Gasteiger charge is 2.23. The number of aromatic nitrogens is 2. The average Bonchev–Trinajstić information content (AvgIpc) is 3.06. The molecule has 0 saturated heterocycles. The summed E-state index contributed by atoms with van der Waals surface area (Å²) in [5, 5.41) is 16.1. The van der Waals surface area contributed by atoms with Crippen molar-refractivity contribution in [1.82, 2.24) is 9.97 Å². The molecular weight excluding hydrogens is 383 g/mol. The first-order valence-corrected chi connectivity index (χ1v) is 9.25.